The van der Waals surface area contributed by atoms with Crippen LogP contribution in [0.1, 0.15) is 37.9 Å². The molecular formula is C21H21N3O6. The molecule has 0 aliphatic rings. The van der Waals surface area contributed by atoms with Crippen molar-refractivity contribution in [2.24, 2.45) is 5.73 Å². The van der Waals surface area contributed by atoms with Crippen LogP contribution in [0.4, 0.5) is 0 Å². The molecule has 30 heavy (non-hydrogen) atoms. The maximum Gasteiger partial charge on any atom is 0.342 e. The zero-order valence-electron chi connectivity index (χ0n) is 16.8. The van der Waals surface area contributed by atoms with Gasteiger partial charge in [-0.25, -0.2) is 4.79 Å². The van der Waals surface area contributed by atoms with Crippen molar-refractivity contribution >= 4 is 17.7 Å². The first-order chi connectivity index (χ1) is 14.3. The van der Waals surface area contributed by atoms with Gasteiger partial charge in [0.1, 0.15) is 17.1 Å². The predicted molar refractivity (Wildman–Crippen MR) is 106 cm³/mol. The fourth-order valence-electron chi connectivity index (χ4n) is 3.05. The molecule has 1 amide bonds. The SMILES string of the molecule is Cc1cc(-n2c(C)cc(C(=O)COC(=O)c3ccccc3OCC(N)=O)c2C)no1. The van der Waals surface area contributed by atoms with Gasteiger partial charge in [0.2, 0.25) is 5.78 Å². The normalized spacial score (nSPS) is 10.6. The van der Waals surface area contributed by atoms with E-state index in [1.54, 1.807) is 42.7 Å². The summed E-state index contributed by atoms with van der Waals surface area (Å²) in [7, 11) is 0. The number of ether oxygens (including phenoxy) is 2. The molecule has 0 bridgehead atoms. The van der Waals surface area contributed by atoms with Gasteiger partial charge in [-0.3, -0.25) is 14.2 Å². The molecule has 0 aliphatic heterocycles. The molecule has 2 aromatic heterocycles. The number of amides is 1. The molecule has 1 aromatic carbocycles. The molecule has 9 nitrogen and oxygen atoms in total. The number of hydrogen-bond acceptors (Lipinski definition) is 7. The third-order valence-corrected chi connectivity index (χ3v) is 4.39. The summed E-state index contributed by atoms with van der Waals surface area (Å²) < 4.78 is 17.3. The van der Waals surface area contributed by atoms with Gasteiger partial charge in [-0.2, -0.15) is 0 Å². The topological polar surface area (TPSA) is 127 Å². The average Bonchev–Trinajstić information content (AvgIpc) is 3.26. The molecular weight excluding hydrogens is 390 g/mol. The lowest BCUT2D eigenvalue weighted by molar-refractivity contribution is -0.119. The largest absolute Gasteiger partial charge is 0.483 e. The molecule has 0 radical (unpaired) electrons. The highest BCUT2D eigenvalue weighted by atomic mass is 16.5. The van der Waals surface area contributed by atoms with Gasteiger partial charge in [-0.15, -0.1) is 0 Å². The van der Waals surface area contributed by atoms with Crippen molar-refractivity contribution in [3.63, 3.8) is 0 Å². The number of primary amides is 1. The van der Waals surface area contributed by atoms with E-state index in [2.05, 4.69) is 5.16 Å². The number of para-hydroxylation sites is 1. The van der Waals surface area contributed by atoms with Gasteiger partial charge in [-0.1, -0.05) is 17.3 Å². The van der Waals surface area contributed by atoms with Crippen molar-refractivity contribution in [3.8, 4) is 11.6 Å². The van der Waals surface area contributed by atoms with Gasteiger partial charge in [-0.05, 0) is 39.0 Å². The van der Waals surface area contributed by atoms with Crippen LogP contribution >= 0.6 is 0 Å². The number of aromatic nitrogens is 2. The lowest BCUT2D eigenvalue weighted by Crippen LogP contribution is -2.21. The molecule has 2 N–H and O–H groups in total. The monoisotopic (exact) mass is 411 g/mol. The Hall–Kier alpha value is -3.88. The number of aryl methyl sites for hydroxylation is 2. The third kappa shape index (κ3) is 4.40. The Morgan fingerprint density at radius 1 is 1.07 bits per heavy atom. The van der Waals surface area contributed by atoms with Crippen LogP contribution in [0.5, 0.6) is 5.75 Å². The number of rotatable bonds is 8. The van der Waals surface area contributed by atoms with Gasteiger partial charge in [0.05, 0.1) is 0 Å². The fraction of sp³-hybridized carbons (Fsp3) is 0.238. The van der Waals surface area contributed by atoms with Crippen LogP contribution < -0.4 is 10.5 Å². The van der Waals surface area contributed by atoms with Crippen LogP contribution in [0.25, 0.3) is 5.82 Å². The molecule has 0 unspecified atom stereocenters. The van der Waals surface area contributed by atoms with E-state index in [0.717, 1.165) is 5.69 Å². The number of Topliss-reactive ketones (excluding diaryl/α,β-unsaturated/α-hetero) is 1. The quantitative estimate of drug-likeness (QED) is 0.445. The molecule has 3 rings (SSSR count). The predicted octanol–water partition coefficient (Wildman–Crippen LogP) is 2.29. The molecule has 0 aliphatic carbocycles. The van der Waals surface area contributed by atoms with E-state index >= 15 is 0 Å². The zero-order chi connectivity index (χ0) is 21.8. The summed E-state index contributed by atoms with van der Waals surface area (Å²) in [6.45, 7) is 4.56. The van der Waals surface area contributed by atoms with Crippen LogP contribution in [-0.2, 0) is 9.53 Å². The van der Waals surface area contributed by atoms with Crippen LogP contribution in [0.2, 0.25) is 0 Å². The molecule has 0 saturated carbocycles. The number of benzene rings is 1. The number of nitrogens with two attached hydrogens (primary N) is 1. The van der Waals surface area contributed by atoms with E-state index in [4.69, 9.17) is 19.7 Å². The summed E-state index contributed by atoms with van der Waals surface area (Å²) in [5.41, 5.74) is 7.02. The molecule has 0 fully saturated rings. The Morgan fingerprint density at radius 3 is 2.47 bits per heavy atom. The van der Waals surface area contributed by atoms with Crippen LogP contribution in [0.3, 0.4) is 0 Å². The highest BCUT2D eigenvalue weighted by Crippen LogP contribution is 2.22. The minimum absolute atomic E-state index is 0.0927. The Morgan fingerprint density at radius 2 is 1.80 bits per heavy atom. The number of carbonyl (C=O) groups excluding carboxylic acids is 3. The van der Waals surface area contributed by atoms with Crippen LogP contribution in [0.15, 0.2) is 40.9 Å². The van der Waals surface area contributed by atoms with E-state index < -0.39 is 18.5 Å². The van der Waals surface area contributed by atoms with E-state index in [-0.39, 0.29) is 23.7 Å². The van der Waals surface area contributed by atoms with Gasteiger partial charge in [0.25, 0.3) is 5.91 Å². The number of esters is 1. The fourth-order valence-corrected chi connectivity index (χ4v) is 3.05. The van der Waals surface area contributed by atoms with Crippen molar-refractivity contribution in [1.29, 1.82) is 0 Å². The molecule has 3 aromatic rings. The maximum absolute atomic E-state index is 12.7. The summed E-state index contributed by atoms with van der Waals surface area (Å²) in [6.07, 6.45) is 0. The van der Waals surface area contributed by atoms with Gasteiger partial charge in [0, 0.05) is 23.0 Å². The smallest absolute Gasteiger partial charge is 0.342 e. The van der Waals surface area contributed by atoms with Gasteiger partial charge in [0.15, 0.2) is 19.0 Å². The second kappa shape index (κ2) is 8.64. The zero-order valence-corrected chi connectivity index (χ0v) is 16.8. The molecule has 0 spiro atoms. The first-order valence-electron chi connectivity index (χ1n) is 9.11. The van der Waals surface area contributed by atoms with Gasteiger partial charge >= 0.3 is 5.97 Å². The average molecular weight is 411 g/mol. The maximum atomic E-state index is 12.7. The number of nitrogens with zero attached hydrogens (tertiary/aromatic N) is 2. The Kier molecular flexibility index (Phi) is 6.01. The standard InChI is InChI=1S/C21H21N3O6/c1-12-8-16(14(3)24(12)20-9-13(2)30-23-20)17(25)10-29-21(27)15-6-4-5-7-18(15)28-11-19(22)26/h4-9H,10-11H2,1-3H3,(H2,22,26). The Bertz CT molecular complexity index is 1110. The lowest BCUT2D eigenvalue weighted by Gasteiger charge is -2.10. The number of carbonyl (C=O) groups is 3. The summed E-state index contributed by atoms with van der Waals surface area (Å²) in [5.74, 6) is -0.419. The number of hydrogen-bond donors (Lipinski definition) is 1. The molecule has 0 atom stereocenters. The highest BCUT2D eigenvalue weighted by molar-refractivity contribution is 6.01. The minimum Gasteiger partial charge on any atom is -0.483 e. The van der Waals surface area contributed by atoms with E-state index in [9.17, 15) is 14.4 Å². The van der Waals surface area contributed by atoms with Crippen molar-refractivity contribution in [1.82, 2.24) is 9.72 Å². The summed E-state index contributed by atoms with van der Waals surface area (Å²) >= 11 is 0. The molecule has 9 heteroatoms. The first kappa shape index (κ1) is 20.8. The number of ketones is 1. The molecule has 2 heterocycles. The Labute approximate surface area is 172 Å². The lowest BCUT2D eigenvalue weighted by atomic mass is 10.1. The molecule has 0 saturated heterocycles. The second-order valence-corrected chi connectivity index (χ2v) is 6.67. The van der Waals surface area contributed by atoms with Crippen LogP contribution in [0, 0.1) is 20.8 Å². The summed E-state index contributed by atoms with van der Waals surface area (Å²) in [4.78, 5) is 36.0. The van der Waals surface area contributed by atoms with Crippen molar-refractivity contribution in [2.45, 2.75) is 20.8 Å². The Balaban J connectivity index is 1.72. The second-order valence-electron chi connectivity index (χ2n) is 6.67. The van der Waals surface area contributed by atoms with Crippen LogP contribution in [-0.4, -0.2) is 40.6 Å². The summed E-state index contributed by atoms with van der Waals surface area (Å²) in [5, 5.41) is 3.98. The van der Waals surface area contributed by atoms with Crippen molar-refractivity contribution in [2.75, 3.05) is 13.2 Å². The molecule has 156 valence electrons. The van der Waals surface area contributed by atoms with Crippen molar-refractivity contribution in [3.05, 3.63) is 64.7 Å². The van der Waals surface area contributed by atoms with E-state index in [0.29, 0.717) is 22.8 Å². The first-order valence-corrected chi connectivity index (χ1v) is 9.11. The summed E-state index contributed by atoms with van der Waals surface area (Å²) in [6, 6.07) is 9.70. The van der Waals surface area contributed by atoms with Crippen molar-refractivity contribution < 1.29 is 28.4 Å². The van der Waals surface area contributed by atoms with E-state index in [1.165, 1.54) is 12.1 Å². The van der Waals surface area contributed by atoms with Gasteiger partial charge < -0.3 is 19.7 Å². The highest BCUT2D eigenvalue weighted by Gasteiger charge is 2.21. The minimum atomic E-state index is -0.746. The van der Waals surface area contributed by atoms with E-state index in [1.807, 2.05) is 6.92 Å². The third-order valence-electron chi connectivity index (χ3n) is 4.39.